The minimum Gasteiger partial charge on any atom is -0.348 e. The van der Waals surface area contributed by atoms with Crippen LogP contribution in [0.25, 0.3) is 0 Å². The van der Waals surface area contributed by atoms with Crippen LogP contribution in [0.4, 0.5) is 0 Å². The van der Waals surface area contributed by atoms with Gasteiger partial charge < -0.3 is 9.47 Å². The molecular weight excluding hydrogens is 248 g/mol. The SMILES string of the molecule is CC#CC1(Cc2ccccc2)CCC2(CC1)OCCO2. The summed E-state index contributed by atoms with van der Waals surface area (Å²) in [7, 11) is 0. The van der Waals surface area contributed by atoms with Crippen LogP contribution in [-0.4, -0.2) is 19.0 Å². The molecule has 0 radical (unpaired) electrons. The van der Waals surface area contributed by atoms with Gasteiger partial charge in [-0.15, -0.1) is 5.92 Å². The fourth-order valence-corrected chi connectivity index (χ4v) is 3.49. The molecule has 1 aromatic carbocycles. The van der Waals surface area contributed by atoms with E-state index in [9.17, 15) is 0 Å². The van der Waals surface area contributed by atoms with Crippen LogP contribution in [-0.2, 0) is 15.9 Å². The van der Waals surface area contributed by atoms with Gasteiger partial charge >= 0.3 is 0 Å². The van der Waals surface area contributed by atoms with Crippen LogP contribution in [0.3, 0.4) is 0 Å². The van der Waals surface area contributed by atoms with Crippen molar-refractivity contribution >= 4 is 0 Å². The Hall–Kier alpha value is -1.30. The Kier molecular flexibility index (Phi) is 3.83. The van der Waals surface area contributed by atoms with Crippen molar-refractivity contribution in [3.63, 3.8) is 0 Å². The molecule has 0 unspecified atom stereocenters. The molecule has 1 spiro atoms. The number of hydrogen-bond donors (Lipinski definition) is 0. The summed E-state index contributed by atoms with van der Waals surface area (Å²) in [4.78, 5) is 0. The fraction of sp³-hybridized carbons (Fsp3) is 0.556. The predicted molar refractivity (Wildman–Crippen MR) is 79.1 cm³/mol. The first kappa shape index (κ1) is 13.7. The highest BCUT2D eigenvalue weighted by molar-refractivity contribution is 5.23. The third kappa shape index (κ3) is 2.75. The average Bonchev–Trinajstić information content (AvgIpc) is 2.93. The molecule has 2 aliphatic rings. The largest absolute Gasteiger partial charge is 0.348 e. The zero-order valence-electron chi connectivity index (χ0n) is 12.2. The Morgan fingerprint density at radius 3 is 2.25 bits per heavy atom. The second-order valence-corrected chi connectivity index (χ2v) is 5.93. The van der Waals surface area contributed by atoms with Gasteiger partial charge in [0, 0.05) is 18.3 Å². The number of benzene rings is 1. The van der Waals surface area contributed by atoms with Gasteiger partial charge in [-0.1, -0.05) is 36.3 Å². The van der Waals surface area contributed by atoms with Crippen LogP contribution in [0.15, 0.2) is 30.3 Å². The Bertz CT molecular complexity index is 493. The minimum atomic E-state index is -0.296. The smallest absolute Gasteiger partial charge is 0.168 e. The van der Waals surface area contributed by atoms with Gasteiger partial charge in [-0.25, -0.2) is 0 Å². The van der Waals surface area contributed by atoms with Crippen LogP contribution in [0.2, 0.25) is 0 Å². The molecule has 0 bridgehead atoms. The van der Waals surface area contributed by atoms with E-state index in [0.717, 1.165) is 45.3 Å². The van der Waals surface area contributed by atoms with Gasteiger partial charge in [-0.3, -0.25) is 0 Å². The summed E-state index contributed by atoms with van der Waals surface area (Å²) in [6, 6.07) is 10.7. The third-order valence-electron chi connectivity index (χ3n) is 4.56. The zero-order chi connectivity index (χ0) is 13.9. The molecule has 2 fully saturated rings. The molecule has 0 N–H and O–H groups in total. The van der Waals surface area contributed by atoms with E-state index in [1.807, 2.05) is 6.92 Å². The lowest BCUT2D eigenvalue weighted by atomic mass is 9.69. The van der Waals surface area contributed by atoms with Crippen molar-refractivity contribution in [3.05, 3.63) is 35.9 Å². The highest BCUT2D eigenvalue weighted by atomic mass is 16.7. The lowest BCUT2D eigenvalue weighted by Crippen LogP contribution is -2.40. The molecule has 1 aliphatic carbocycles. The van der Waals surface area contributed by atoms with Gasteiger partial charge in [0.1, 0.15) is 0 Å². The summed E-state index contributed by atoms with van der Waals surface area (Å²) in [6.45, 7) is 3.43. The summed E-state index contributed by atoms with van der Waals surface area (Å²) in [5.41, 5.74) is 1.47. The van der Waals surface area contributed by atoms with Gasteiger partial charge in [0.2, 0.25) is 0 Å². The first-order valence-corrected chi connectivity index (χ1v) is 7.52. The molecule has 0 amide bonds. The van der Waals surface area contributed by atoms with Crippen LogP contribution in [0.5, 0.6) is 0 Å². The van der Waals surface area contributed by atoms with Crippen LogP contribution in [0, 0.1) is 17.3 Å². The van der Waals surface area contributed by atoms with Gasteiger partial charge in [-0.05, 0) is 31.7 Å². The van der Waals surface area contributed by atoms with E-state index in [4.69, 9.17) is 9.47 Å². The van der Waals surface area contributed by atoms with Crippen LogP contribution in [0.1, 0.15) is 38.2 Å². The lowest BCUT2D eigenvalue weighted by Gasteiger charge is -2.41. The van der Waals surface area contributed by atoms with Gasteiger partial charge in [0.25, 0.3) is 0 Å². The molecule has 1 saturated carbocycles. The molecule has 3 rings (SSSR count). The molecule has 1 aromatic rings. The van der Waals surface area contributed by atoms with Crippen LogP contribution >= 0.6 is 0 Å². The molecule has 2 heteroatoms. The normalized spacial score (nSPS) is 23.2. The van der Waals surface area contributed by atoms with Crippen molar-refractivity contribution in [1.82, 2.24) is 0 Å². The highest BCUT2D eigenvalue weighted by Crippen LogP contribution is 2.46. The second kappa shape index (κ2) is 5.60. The zero-order valence-corrected chi connectivity index (χ0v) is 12.2. The maximum Gasteiger partial charge on any atom is 0.168 e. The maximum atomic E-state index is 5.83. The predicted octanol–water partition coefficient (Wildman–Crippen LogP) is 3.56. The van der Waals surface area contributed by atoms with Gasteiger partial charge in [-0.2, -0.15) is 0 Å². The van der Waals surface area contributed by atoms with E-state index in [2.05, 4.69) is 42.2 Å². The second-order valence-electron chi connectivity index (χ2n) is 5.93. The van der Waals surface area contributed by atoms with E-state index in [-0.39, 0.29) is 11.2 Å². The van der Waals surface area contributed by atoms with Gasteiger partial charge in [0.15, 0.2) is 5.79 Å². The van der Waals surface area contributed by atoms with Crippen molar-refractivity contribution < 1.29 is 9.47 Å². The van der Waals surface area contributed by atoms with Crippen molar-refractivity contribution in [2.45, 2.75) is 44.8 Å². The third-order valence-corrected chi connectivity index (χ3v) is 4.56. The topological polar surface area (TPSA) is 18.5 Å². The number of ether oxygens (including phenoxy) is 2. The molecular formula is C18H22O2. The molecule has 0 aromatic heterocycles. The number of rotatable bonds is 2. The first-order valence-electron chi connectivity index (χ1n) is 7.52. The van der Waals surface area contributed by atoms with Crippen molar-refractivity contribution in [2.75, 3.05) is 13.2 Å². The standard InChI is InChI=1S/C18H22O2/c1-2-8-17(15-16-6-4-3-5-7-16)9-11-18(12-10-17)19-13-14-20-18/h3-7H,9-15H2,1H3. The average molecular weight is 270 g/mol. The summed E-state index contributed by atoms with van der Waals surface area (Å²) in [5, 5.41) is 0. The summed E-state index contributed by atoms with van der Waals surface area (Å²) in [5.74, 6) is 6.34. The van der Waals surface area contributed by atoms with E-state index < -0.39 is 0 Å². The molecule has 1 saturated heterocycles. The minimum absolute atomic E-state index is 0.0939. The molecule has 2 nitrogen and oxygen atoms in total. The fourth-order valence-electron chi connectivity index (χ4n) is 3.49. The maximum absolute atomic E-state index is 5.83. The molecule has 20 heavy (non-hydrogen) atoms. The quantitative estimate of drug-likeness (QED) is 0.765. The van der Waals surface area contributed by atoms with E-state index >= 15 is 0 Å². The van der Waals surface area contributed by atoms with E-state index in [0.29, 0.717) is 0 Å². The Morgan fingerprint density at radius 1 is 1.00 bits per heavy atom. The van der Waals surface area contributed by atoms with E-state index in [1.165, 1.54) is 5.56 Å². The summed E-state index contributed by atoms with van der Waals surface area (Å²) >= 11 is 0. The number of hydrogen-bond acceptors (Lipinski definition) is 2. The Balaban J connectivity index is 1.75. The Morgan fingerprint density at radius 2 is 1.65 bits per heavy atom. The summed E-state index contributed by atoms with van der Waals surface area (Å²) < 4.78 is 11.7. The Labute approximate surface area is 121 Å². The monoisotopic (exact) mass is 270 g/mol. The highest BCUT2D eigenvalue weighted by Gasteiger charge is 2.45. The molecule has 1 heterocycles. The van der Waals surface area contributed by atoms with Crippen molar-refractivity contribution in [1.29, 1.82) is 0 Å². The molecule has 0 atom stereocenters. The van der Waals surface area contributed by atoms with Crippen molar-refractivity contribution in [2.24, 2.45) is 5.41 Å². The lowest BCUT2D eigenvalue weighted by molar-refractivity contribution is -0.187. The molecule has 106 valence electrons. The molecule has 1 aliphatic heterocycles. The van der Waals surface area contributed by atoms with E-state index in [1.54, 1.807) is 0 Å². The summed E-state index contributed by atoms with van der Waals surface area (Å²) in [6.07, 6.45) is 5.08. The van der Waals surface area contributed by atoms with Crippen molar-refractivity contribution in [3.8, 4) is 11.8 Å². The van der Waals surface area contributed by atoms with Crippen LogP contribution < -0.4 is 0 Å². The first-order chi connectivity index (χ1) is 9.76. The van der Waals surface area contributed by atoms with Gasteiger partial charge in [0.05, 0.1) is 13.2 Å².